The Balaban J connectivity index is 1.94. The lowest BCUT2D eigenvalue weighted by Crippen LogP contribution is -2.09. The predicted molar refractivity (Wildman–Crippen MR) is 68.3 cm³/mol. The monoisotopic (exact) mass is 316 g/mol. The molecule has 5 heteroatoms. The molecule has 0 aliphatic rings. The topological polar surface area (TPSA) is 42.6 Å². The van der Waals surface area contributed by atoms with Gasteiger partial charge in [0.2, 0.25) is 0 Å². The normalized spacial score (nSPS) is 12.4. The minimum atomic E-state index is -0.810. The molecule has 1 aromatic heterocycles. The zero-order chi connectivity index (χ0) is 12.3. The van der Waals surface area contributed by atoms with Gasteiger partial charge in [0, 0.05) is 5.02 Å². The molecule has 0 radical (unpaired) electrons. The van der Waals surface area contributed by atoms with Crippen LogP contribution in [-0.2, 0) is 0 Å². The van der Waals surface area contributed by atoms with Crippen LogP contribution in [0, 0.1) is 0 Å². The van der Waals surface area contributed by atoms with Crippen molar-refractivity contribution >= 4 is 27.5 Å². The van der Waals surface area contributed by atoms with Crippen molar-refractivity contribution in [2.24, 2.45) is 0 Å². The van der Waals surface area contributed by atoms with Gasteiger partial charge in [0.1, 0.15) is 24.2 Å². The van der Waals surface area contributed by atoms with Crippen LogP contribution in [0.4, 0.5) is 0 Å². The van der Waals surface area contributed by atoms with Crippen LogP contribution in [0.1, 0.15) is 11.9 Å². The van der Waals surface area contributed by atoms with Crippen LogP contribution >= 0.6 is 27.5 Å². The number of benzene rings is 1. The number of rotatable bonds is 4. The number of furan rings is 1. The maximum absolute atomic E-state index is 9.83. The van der Waals surface area contributed by atoms with Crippen molar-refractivity contribution < 1.29 is 14.3 Å². The van der Waals surface area contributed by atoms with E-state index >= 15 is 0 Å². The lowest BCUT2D eigenvalue weighted by Gasteiger charge is -2.10. The summed E-state index contributed by atoms with van der Waals surface area (Å²) in [6.45, 7) is 0.119. The lowest BCUT2D eigenvalue weighted by molar-refractivity contribution is 0.0881. The van der Waals surface area contributed by atoms with Gasteiger partial charge >= 0.3 is 0 Å². The minimum absolute atomic E-state index is 0.119. The molecule has 1 N–H and O–H groups in total. The molecule has 1 heterocycles. The molecule has 0 fully saturated rings. The molecular weight excluding hydrogens is 307 g/mol. The van der Waals surface area contributed by atoms with Gasteiger partial charge in [-0.25, -0.2) is 0 Å². The SMILES string of the molecule is OC(COc1ccc(Cl)cc1)c1occc1Br. The van der Waals surface area contributed by atoms with E-state index in [0.29, 0.717) is 16.5 Å². The molecule has 3 nitrogen and oxygen atoms in total. The minimum Gasteiger partial charge on any atom is -0.490 e. The Bertz CT molecular complexity index is 481. The third-order valence-corrected chi connectivity index (χ3v) is 3.08. The summed E-state index contributed by atoms with van der Waals surface area (Å²) in [7, 11) is 0. The molecule has 0 aliphatic heterocycles. The predicted octanol–water partition coefficient (Wildman–Crippen LogP) is 3.81. The highest BCUT2D eigenvalue weighted by Gasteiger charge is 2.15. The molecule has 90 valence electrons. The van der Waals surface area contributed by atoms with E-state index in [1.54, 1.807) is 30.3 Å². The van der Waals surface area contributed by atoms with E-state index in [2.05, 4.69) is 15.9 Å². The summed E-state index contributed by atoms with van der Waals surface area (Å²) in [5, 5.41) is 10.5. The molecule has 1 aromatic carbocycles. The van der Waals surface area contributed by atoms with Crippen LogP contribution in [0.5, 0.6) is 5.75 Å². The molecule has 0 amide bonds. The van der Waals surface area contributed by atoms with Gasteiger partial charge < -0.3 is 14.3 Å². The average molecular weight is 318 g/mol. The first-order valence-corrected chi connectivity index (χ1v) is 6.13. The summed E-state index contributed by atoms with van der Waals surface area (Å²) >= 11 is 9.03. The Morgan fingerprint density at radius 3 is 2.59 bits per heavy atom. The molecule has 2 aromatic rings. The maximum Gasteiger partial charge on any atom is 0.149 e. The maximum atomic E-state index is 9.83. The first-order valence-electron chi connectivity index (χ1n) is 4.96. The Morgan fingerprint density at radius 1 is 1.29 bits per heavy atom. The van der Waals surface area contributed by atoms with E-state index in [-0.39, 0.29) is 6.61 Å². The fourth-order valence-corrected chi connectivity index (χ4v) is 1.92. The van der Waals surface area contributed by atoms with E-state index in [1.165, 1.54) is 6.26 Å². The third kappa shape index (κ3) is 3.25. The van der Waals surface area contributed by atoms with Gasteiger partial charge in [-0.3, -0.25) is 0 Å². The van der Waals surface area contributed by atoms with E-state index < -0.39 is 6.10 Å². The summed E-state index contributed by atoms with van der Waals surface area (Å²) in [5.41, 5.74) is 0. The number of hydrogen-bond donors (Lipinski definition) is 1. The van der Waals surface area contributed by atoms with Crippen LogP contribution in [0.3, 0.4) is 0 Å². The fraction of sp³-hybridized carbons (Fsp3) is 0.167. The Labute approximate surface area is 112 Å². The summed E-state index contributed by atoms with van der Waals surface area (Å²) in [6, 6.07) is 8.66. The standard InChI is InChI=1S/C12H10BrClO3/c13-10-5-6-16-12(10)11(15)7-17-9-3-1-8(14)2-4-9/h1-6,11,15H,7H2. The highest BCUT2D eigenvalue weighted by Crippen LogP contribution is 2.25. The zero-order valence-electron chi connectivity index (χ0n) is 8.77. The second-order valence-electron chi connectivity index (χ2n) is 3.41. The van der Waals surface area contributed by atoms with E-state index in [9.17, 15) is 5.11 Å². The second-order valence-corrected chi connectivity index (χ2v) is 4.70. The molecule has 1 atom stereocenters. The lowest BCUT2D eigenvalue weighted by atomic mass is 10.3. The number of ether oxygens (including phenoxy) is 1. The molecule has 0 saturated heterocycles. The van der Waals surface area contributed by atoms with E-state index in [0.717, 1.165) is 4.47 Å². The molecule has 17 heavy (non-hydrogen) atoms. The quantitative estimate of drug-likeness (QED) is 0.932. The van der Waals surface area contributed by atoms with Crippen molar-refractivity contribution in [1.29, 1.82) is 0 Å². The van der Waals surface area contributed by atoms with Crippen molar-refractivity contribution in [3.8, 4) is 5.75 Å². The van der Waals surface area contributed by atoms with Crippen molar-refractivity contribution in [3.05, 3.63) is 51.9 Å². The van der Waals surface area contributed by atoms with Crippen molar-refractivity contribution in [1.82, 2.24) is 0 Å². The fourth-order valence-electron chi connectivity index (χ4n) is 1.32. The number of aliphatic hydroxyl groups excluding tert-OH is 1. The average Bonchev–Trinajstić information content (AvgIpc) is 2.74. The van der Waals surface area contributed by atoms with Gasteiger partial charge in [0.05, 0.1) is 10.7 Å². The Kier molecular flexibility index (Phi) is 4.10. The smallest absolute Gasteiger partial charge is 0.149 e. The molecule has 0 bridgehead atoms. The van der Waals surface area contributed by atoms with E-state index in [4.69, 9.17) is 20.8 Å². The highest BCUT2D eigenvalue weighted by atomic mass is 79.9. The highest BCUT2D eigenvalue weighted by molar-refractivity contribution is 9.10. The van der Waals surface area contributed by atoms with Gasteiger partial charge in [-0.1, -0.05) is 11.6 Å². The number of hydrogen-bond acceptors (Lipinski definition) is 3. The number of aliphatic hydroxyl groups is 1. The number of halogens is 2. The van der Waals surface area contributed by atoms with Crippen LogP contribution < -0.4 is 4.74 Å². The summed E-state index contributed by atoms with van der Waals surface area (Å²) in [4.78, 5) is 0. The van der Waals surface area contributed by atoms with Gasteiger partial charge in [0.25, 0.3) is 0 Å². The van der Waals surface area contributed by atoms with Crippen LogP contribution in [0.25, 0.3) is 0 Å². The van der Waals surface area contributed by atoms with Gasteiger partial charge in [-0.2, -0.15) is 0 Å². The van der Waals surface area contributed by atoms with Gasteiger partial charge in [-0.05, 0) is 46.3 Å². The Morgan fingerprint density at radius 2 is 2.00 bits per heavy atom. The van der Waals surface area contributed by atoms with Gasteiger partial charge in [0.15, 0.2) is 0 Å². The second kappa shape index (κ2) is 5.58. The summed E-state index contributed by atoms with van der Waals surface area (Å²) in [5.74, 6) is 1.11. The van der Waals surface area contributed by atoms with Crippen LogP contribution in [0.15, 0.2) is 45.5 Å². The molecule has 1 unspecified atom stereocenters. The first-order chi connectivity index (χ1) is 8.16. The third-order valence-electron chi connectivity index (χ3n) is 2.17. The zero-order valence-corrected chi connectivity index (χ0v) is 11.1. The molecular formula is C12H10BrClO3. The summed E-state index contributed by atoms with van der Waals surface area (Å²) < 4.78 is 11.3. The van der Waals surface area contributed by atoms with Crippen molar-refractivity contribution in [2.75, 3.05) is 6.61 Å². The first kappa shape index (κ1) is 12.5. The molecule has 0 spiro atoms. The van der Waals surface area contributed by atoms with Crippen LogP contribution in [-0.4, -0.2) is 11.7 Å². The summed E-state index contributed by atoms with van der Waals surface area (Å²) in [6.07, 6.45) is 0.695. The molecule has 0 aliphatic carbocycles. The van der Waals surface area contributed by atoms with Crippen molar-refractivity contribution in [3.63, 3.8) is 0 Å². The van der Waals surface area contributed by atoms with Gasteiger partial charge in [-0.15, -0.1) is 0 Å². The largest absolute Gasteiger partial charge is 0.490 e. The Hall–Kier alpha value is -0.970. The van der Waals surface area contributed by atoms with Crippen molar-refractivity contribution in [2.45, 2.75) is 6.10 Å². The molecule has 0 saturated carbocycles. The van der Waals surface area contributed by atoms with E-state index in [1.807, 2.05) is 0 Å². The van der Waals surface area contributed by atoms with Crippen LogP contribution in [0.2, 0.25) is 5.02 Å². The molecule has 2 rings (SSSR count).